The van der Waals surface area contributed by atoms with E-state index in [2.05, 4.69) is 36.5 Å². The summed E-state index contributed by atoms with van der Waals surface area (Å²) < 4.78 is 0. The lowest BCUT2D eigenvalue weighted by Gasteiger charge is -2.41. The molecule has 7 heteroatoms. The van der Waals surface area contributed by atoms with Crippen molar-refractivity contribution >= 4 is 36.0 Å². The number of carbonyl (C=O) groups is 2. The first-order chi connectivity index (χ1) is 12.1. The predicted octanol–water partition coefficient (Wildman–Crippen LogP) is 2.07. The summed E-state index contributed by atoms with van der Waals surface area (Å²) in [5, 5.41) is 3.11. The molecule has 2 aliphatic heterocycles. The minimum absolute atomic E-state index is 0. The summed E-state index contributed by atoms with van der Waals surface area (Å²) in [6.45, 7) is 5.63. The van der Waals surface area contributed by atoms with Crippen LogP contribution >= 0.6 is 24.2 Å². The molecule has 3 rings (SSSR count). The lowest BCUT2D eigenvalue weighted by atomic mass is 10.0. The van der Waals surface area contributed by atoms with Crippen LogP contribution < -0.4 is 5.32 Å². The van der Waals surface area contributed by atoms with E-state index < -0.39 is 0 Å². The zero-order valence-corrected chi connectivity index (χ0v) is 16.9. The second kappa shape index (κ2) is 10.2. The number of nitrogens with zero attached hydrogens (tertiary/aromatic N) is 2. The normalized spacial score (nSPS) is 20.7. The number of hydrogen-bond donors (Lipinski definition) is 1. The van der Waals surface area contributed by atoms with E-state index in [9.17, 15) is 9.59 Å². The predicted molar refractivity (Wildman–Crippen MR) is 109 cm³/mol. The van der Waals surface area contributed by atoms with E-state index in [0.29, 0.717) is 18.8 Å². The van der Waals surface area contributed by atoms with Crippen LogP contribution in [0.5, 0.6) is 0 Å². The highest BCUT2D eigenvalue weighted by molar-refractivity contribution is 7.99. The molecule has 2 fully saturated rings. The number of amides is 2. The Bertz CT molecular complexity index is 629. The number of nitrogens with one attached hydrogen (secondary N) is 1. The summed E-state index contributed by atoms with van der Waals surface area (Å²) in [7, 11) is 0. The van der Waals surface area contributed by atoms with Crippen LogP contribution in [0.15, 0.2) is 24.3 Å². The molecule has 26 heavy (non-hydrogen) atoms. The maximum atomic E-state index is 12.6. The summed E-state index contributed by atoms with van der Waals surface area (Å²) in [5.41, 5.74) is 2.52. The second-order valence-corrected chi connectivity index (χ2v) is 7.87. The van der Waals surface area contributed by atoms with Crippen LogP contribution in [-0.2, 0) is 15.3 Å². The summed E-state index contributed by atoms with van der Waals surface area (Å²) in [5.74, 6) is 1.74. The molecule has 5 nitrogen and oxygen atoms in total. The fraction of sp³-hybridized carbons (Fsp3) is 0.579. The molecular formula is C19H28ClN3O2S. The van der Waals surface area contributed by atoms with E-state index in [1.54, 1.807) is 11.8 Å². The first kappa shape index (κ1) is 21.1. The van der Waals surface area contributed by atoms with Crippen LogP contribution in [0, 0.1) is 6.92 Å². The monoisotopic (exact) mass is 397 g/mol. The van der Waals surface area contributed by atoms with Crippen LogP contribution in [0.1, 0.15) is 24.0 Å². The molecule has 0 saturated carbocycles. The molecule has 2 saturated heterocycles. The van der Waals surface area contributed by atoms with Gasteiger partial charge in [0.1, 0.15) is 0 Å². The minimum Gasteiger partial charge on any atom is -0.340 e. The fourth-order valence-corrected chi connectivity index (χ4v) is 4.47. The van der Waals surface area contributed by atoms with Gasteiger partial charge in [0.25, 0.3) is 0 Å². The van der Waals surface area contributed by atoms with Crippen molar-refractivity contribution in [2.75, 3.05) is 38.5 Å². The average molecular weight is 398 g/mol. The highest BCUT2D eigenvalue weighted by Gasteiger charge is 2.31. The van der Waals surface area contributed by atoms with Gasteiger partial charge in [0, 0.05) is 38.0 Å². The molecule has 1 aromatic carbocycles. The van der Waals surface area contributed by atoms with Crippen molar-refractivity contribution in [1.29, 1.82) is 0 Å². The molecule has 1 aromatic rings. The van der Waals surface area contributed by atoms with Crippen molar-refractivity contribution in [3.63, 3.8) is 0 Å². The first-order valence-electron chi connectivity index (χ1n) is 9.05. The summed E-state index contributed by atoms with van der Waals surface area (Å²) in [4.78, 5) is 28.6. The Morgan fingerprint density at radius 1 is 1.35 bits per heavy atom. The third kappa shape index (κ3) is 5.63. The topological polar surface area (TPSA) is 52.7 Å². The van der Waals surface area contributed by atoms with Gasteiger partial charge in [-0.05, 0) is 25.3 Å². The maximum absolute atomic E-state index is 12.6. The van der Waals surface area contributed by atoms with Crippen molar-refractivity contribution in [1.82, 2.24) is 15.1 Å². The SMILES string of the molecule is Cc1cccc(CSCC(=O)N2CCCC(N3CCNCC3=O)C2)c1.Cl. The molecule has 1 unspecified atom stereocenters. The van der Waals surface area contributed by atoms with Crippen molar-refractivity contribution < 1.29 is 9.59 Å². The van der Waals surface area contributed by atoms with Gasteiger partial charge in [-0.2, -0.15) is 0 Å². The zero-order chi connectivity index (χ0) is 17.6. The second-order valence-electron chi connectivity index (χ2n) is 6.88. The number of carbonyl (C=O) groups excluding carboxylic acids is 2. The van der Waals surface area contributed by atoms with E-state index in [4.69, 9.17) is 0 Å². The van der Waals surface area contributed by atoms with Crippen LogP contribution in [0.25, 0.3) is 0 Å². The molecule has 0 aliphatic carbocycles. The van der Waals surface area contributed by atoms with Crippen molar-refractivity contribution in [2.24, 2.45) is 0 Å². The number of aryl methyl sites for hydroxylation is 1. The Morgan fingerprint density at radius 3 is 2.96 bits per heavy atom. The van der Waals surface area contributed by atoms with Crippen LogP contribution in [0.2, 0.25) is 0 Å². The van der Waals surface area contributed by atoms with Crippen LogP contribution in [0.4, 0.5) is 0 Å². The molecule has 0 radical (unpaired) electrons. The number of hydrogen-bond acceptors (Lipinski definition) is 4. The molecule has 2 heterocycles. The number of piperazine rings is 1. The number of halogens is 1. The fourth-order valence-electron chi connectivity index (χ4n) is 3.59. The quantitative estimate of drug-likeness (QED) is 0.826. The summed E-state index contributed by atoms with van der Waals surface area (Å²) >= 11 is 1.67. The number of benzene rings is 1. The van der Waals surface area contributed by atoms with Gasteiger partial charge < -0.3 is 15.1 Å². The molecular weight excluding hydrogens is 370 g/mol. The molecule has 2 aliphatic rings. The maximum Gasteiger partial charge on any atom is 0.236 e. The van der Waals surface area contributed by atoms with Gasteiger partial charge in [-0.15, -0.1) is 24.2 Å². The van der Waals surface area contributed by atoms with Gasteiger partial charge in [-0.1, -0.05) is 29.8 Å². The Morgan fingerprint density at radius 2 is 2.19 bits per heavy atom. The van der Waals surface area contributed by atoms with Gasteiger partial charge in [0.2, 0.25) is 11.8 Å². The molecule has 1 atom stereocenters. The van der Waals surface area contributed by atoms with Crippen LogP contribution in [0.3, 0.4) is 0 Å². The summed E-state index contributed by atoms with van der Waals surface area (Å²) in [6, 6.07) is 8.62. The Hall–Kier alpha value is -1.24. The van der Waals surface area contributed by atoms with Gasteiger partial charge in [0.15, 0.2) is 0 Å². The molecule has 144 valence electrons. The Labute approximate surface area is 166 Å². The highest BCUT2D eigenvalue weighted by atomic mass is 35.5. The van der Waals surface area contributed by atoms with Crippen molar-refractivity contribution in [3.05, 3.63) is 35.4 Å². The molecule has 2 amide bonds. The average Bonchev–Trinajstić information content (AvgIpc) is 2.62. The van der Waals surface area contributed by atoms with Gasteiger partial charge in [-0.3, -0.25) is 9.59 Å². The third-order valence-electron chi connectivity index (χ3n) is 4.89. The lowest BCUT2D eigenvalue weighted by molar-refractivity contribution is -0.139. The van der Waals surface area contributed by atoms with Gasteiger partial charge >= 0.3 is 0 Å². The smallest absolute Gasteiger partial charge is 0.236 e. The van der Waals surface area contributed by atoms with Gasteiger partial charge in [0.05, 0.1) is 12.3 Å². The van der Waals surface area contributed by atoms with E-state index in [1.807, 2.05) is 9.80 Å². The minimum atomic E-state index is 0. The third-order valence-corrected chi connectivity index (χ3v) is 5.88. The highest BCUT2D eigenvalue weighted by Crippen LogP contribution is 2.19. The molecule has 0 bridgehead atoms. The van der Waals surface area contributed by atoms with E-state index in [1.165, 1.54) is 11.1 Å². The molecule has 0 spiro atoms. The van der Waals surface area contributed by atoms with Crippen molar-refractivity contribution in [3.8, 4) is 0 Å². The summed E-state index contributed by atoms with van der Waals surface area (Å²) in [6.07, 6.45) is 1.99. The standard InChI is InChI=1S/C19H27N3O2S.ClH/c1-15-4-2-5-16(10-15)13-25-14-19(24)21-8-3-6-17(12-21)22-9-7-20-11-18(22)23;/h2,4-5,10,17,20H,3,6-9,11-14H2,1H3;1H. The van der Waals surface area contributed by atoms with Gasteiger partial charge in [-0.25, -0.2) is 0 Å². The number of thioether (sulfide) groups is 1. The van der Waals surface area contributed by atoms with Crippen molar-refractivity contribution in [2.45, 2.75) is 31.6 Å². The lowest BCUT2D eigenvalue weighted by Crippen LogP contribution is -2.57. The molecule has 1 N–H and O–H groups in total. The van der Waals surface area contributed by atoms with E-state index in [0.717, 1.165) is 38.2 Å². The van der Waals surface area contributed by atoms with E-state index >= 15 is 0 Å². The van der Waals surface area contributed by atoms with Crippen LogP contribution in [-0.4, -0.2) is 66.1 Å². The van der Waals surface area contributed by atoms with E-state index in [-0.39, 0.29) is 30.3 Å². The number of likely N-dealkylation sites (tertiary alicyclic amines) is 1. The number of piperidine rings is 1. The molecule has 0 aromatic heterocycles. The zero-order valence-electron chi connectivity index (χ0n) is 15.3. The Balaban J connectivity index is 0.00000243. The largest absolute Gasteiger partial charge is 0.340 e. The first-order valence-corrected chi connectivity index (χ1v) is 10.2. The number of rotatable bonds is 5. The Kier molecular flexibility index (Phi) is 8.25.